The maximum atomic E-state index is 12.0. The van der Waals surface area contributed by atoms with E-state index in [0.29, 0.717) is 17.4 Å². The highest BCUT2D eigenvalue weighted by molar-refractivity contribution is 6.02. The van der Waals surface area contributed by atoms with Crippen LogP contribution in [-0.2, 0) is 0 Å². The van der Waals surface area contributed by atoms with Crippen LogP contribution in [0, 0.1) is 0 Å². The first-order valence-electron chi connectivity index (χ1n) is 5.84. The van der Waals surface area contributed by atoms with Crippen LogP contribution in [0.3, 0.4) is 0 Å². The molecule has 7 nitrogen and oxygen atoms in total. The lowest BCUT2D eigenvalue weighted by Gasteiger charge is -2.06. The maximum absolute atomic E-state index is 12.0. The fraction of sp³-hybridized carbons (Fsp3) is 0.333. The molecule has 0 aliphatic carbocycles. The highest BCUT2D eigenvalue weighted by atomic mass is 16.5. The normalized spacial score (nSPS) is 10.5. The Morgan fingerprint density at radius 1 is 1.47 bits per heavy atom. The van der Waals surface area contributed by atoms with Gasteiger partial charge in [0.1, 0.15) is 11.5 Å². The summed E-state index contributed by atoms with van der Waals surface area (Å²) in [5, 5.41) is 9.27. The van der Waals surface area contributed by atoms with Gasteiger partial charge in [-0.05, 0) is 12.1 Å². The smallest absolute Gasteiger partial charge is 0.295 e. The highest BCUT2D eigenvalue weighted by Crippen LogP contribution is 2.20. The van der Waals surface area contributed by atoms with Crippen LogP contribution in [0.5, 0.6) is 5.88 Å². The van der Waals surface area contributed by atoms with Crippen molar-refractivity contribution in [2.24, 2.45) is 0 Å². The predicted molar refractivity (Wildman–Crippen MR) is 69.2 cm³/mol. The third kappa shape index (κ3) is 2.87. The number of pyridine rings is 1. The third-order valence-corrected chi connectivity index (χ3v) is 2.47. The number of carbonyl (C=O) groups excluding carboxylic acids is 1. The Bertz CT molecular complexity index is 579. The number of amides is 1. The summed E-state index contributed by atoms with van der Waals surface area (Å²) in [6.45, 7) is 3.93. The van der Waals surface area contributed by atoms with E-state index in [0.717, 1.165) is 0 Å². The quantitative estimate of drug-likeness (QED) is 0.871. The molecule has 2 rings (SSSR count). The van der Waals surface area contributed by atoms with Crippen LogP contribution < -0.4 is 10.1 Å². The minimum absolute atomic E-state index is 0.0922. The molecule has 7 heteroatoms. The molecule has 0 bridgehead atoms. The molecule has 2 N–H and O–H groups in total. The fourth-order valence-electron chi connectivity index (χ4n) is 1.46. The summed E-state index contributed by atoms with van der Waals surface area (Å²) in [5.74, 6) is 0.879. The third-order valence-electron chi connectivity index (χ3n) is 2.47. The fourth-order valence-corrected chi connectivity index (χ4v) is 1.46. The molecule has 0 spiro atoms. The highest BCUT2D eigenvalue weighted by Gasteiger charge is 2.16. The summed E-state index contributed by atoms with van der Waals surface area (Å²) in [4.78, 5) is 20.1. The summed E-state index contributed by atoms with van der Waals surface area (Å²) in [5.41, 5.74) is 0.478. The Balaban J connectivity index is 2.16. The molecule has 0 saturated carbocycles. The molecule has 100 valence electrons. The number of hydrogen-bond donors (Lipinski definition) is 2. The molecule has 2 aromatic rings. The van der Waals surface area contributed by atoms with Crippen LogP contribution in [0.25, 0.3) is 0 Å². The van der Waals surface area contributed by atoms with Crippen LogP contribution >= 0.6 is 0 Å². The number of hydrogen-bond acceptors (Lipinski definition) is 5. The van der Waals surface area contributed by atoms with Gasteiger partial charge in [-0.3, -0.25) is 9.89 Å². The van der Waals surface area contributed by atoms with Crippen molar-refractivity contribution in [3.63, 3.8) is 0 Å². The Labute approximate surface area is 110 Å². The van der Waals surface area contributed by atoms with Crippen LogP contribution in [0.2, 0.25) is 0 Å². The number of nitrogens with one attached hydrogen (secondary N) is 2. The molecular formula is C12H15N5O2. The molecule has 19 heavy (non-hydrogen) atoms. The number of aromatic nitrogens is 4. The zero-order valence-electron chi connectivity index (χ0n) is 11.0. The van der Waals surface area contributed by atoms with Gasteiger partial charge in [0.15, 0.2) is 0 Å². The van der Waals surface area contributed by atoms with Crippen molar-refractivity contribution in [1.82, 2.24) is 20.2 Å². The van der Waals surface area contributed by atoms with E-state index < -0.39 is 5.91 Å². The molecule has 0 radical (unpaired) electrons. The average Bonchev–Trinajstić information content (AvgIpc) is 2.89. The average molecular weight is 261 g/mol. The van der Waals surface area contributed by atoms with Gasteiger partial charge in [0.2, 0.25) is 11.7 Å². The van der Waals surface area contributed by atoms with E-state index in [4.69, 9.17) is 4.74 Å². The number of ether oxygens (including phenoxy) is 1. The topological polar surface area (TPSA) is 92.8 Å². The molecule has 0 aliphatic heterocycles. The Morgan fingerprint density at radius 2 is 2.26 bits per heavy atom. The minimum atomic E-state index is -0.408. The lowest BCUT2D eigenvalue weighted by atomic mass is 10.2. The van der Waals surface area contributed by atoms with Crippen molar-refractivity contribution in [2.75, 3.05) is 12.4 Å². The summed E-state index contributed by atoms with van der Waals surface area (Å²) in [6.07, 6.45) is 1.58. The minimum Gasteiger partial charge on any atom is -0.480 e. The molecular weight excluding hydrogens is 246 g/mol. The van der Waals surface area contributed by atoms with Crippen LogP contribution in [0.1, 0.15) is 36.2 Å². The van der Waals surface area contributed by atoms with E-state index in [-0.39, 0.29) is 11.7 Å². The molecule has 2 aromatic heterocycles. The van der Waals surface area contributed by atoms with E-state index >= 15 is 0 Å². The summed E-state index contributed by atoms with van der Waals surface area (Å²) < 4.78 is 5.05. The molecule has 0 aliphatic rings. The van der Waals surface area contributed by atoms with Crippen molar-refractivity contribution in [2.45, 2.75) is 19.8 Å². The number of anilines is 1. The Hall–Kier alpha value is -2.44. The number of rotatable bonds is 4. The first-order chi connectivity index (χ1) is 9.11. The molecule has 2 heterocycles. The molecule has 1 amide bonds. The number of H-pyrrole nitrogens is 1. The zero-order chi connectivity index (χ0) is 13.8. The SMILES string of the molecule is COc1ncccc1NC(=O)c1n[nH]c(C(C)C)n1. The molecule has 0 aromatic carbocycles. The van der Waals surface area contributed by atoms with E-state index in [1.54, 1.807) is 18.3 Å². The van der Waals surface area contributed by atoms with Crippen molar-refractivity contribution in [1.29, 1.82) is 0 Å². The van der Waals surface area contributed by atoms with E-state index in [9.17, 15) is 4.79 Å². The monoisotopic (exact) mass is 261 g/mol. The molecule has 0 fully saturated rings. The second-order valence-corrected chi connectivity index (χ2v) is 4.21. The number of nitrogens with zero attached hydrogens (tertiary/aromatic N) is 3. The summed E-state index contributed by atoms with van der Waals surface area (Å²) >= 11 is 0. The van der Waals surface area contributed by atoms with E-state index in [2.05, 4.69) is 25.5 Å². The van der Waals surface area contributed by atoms with Gasteiger partial charge in [0, 0.05) is 12.1 Å². The lowest BCUT2D eigenvalue weighted by Crippen LogP contribution is -2.14. The van der Waals surface area contributed by atoms with Gasteiger partial charge >= 0.3 is 0 Å². The lowest BCUT2D eigenvalue weighted by molar-refractivity contribution is 0.101. The summed E-state index contributed by atoms with van der Waals surface area (Å²) in [6, 6.07) is 3.40. The largest absolute Gasteiger partial charge is 0.480 e. The zero-order valence-corrected chi connectivity index (χ0v) is 11.0. The van der Waals surface area contributed by atoms with Crippen molar-refractivity contribution in [3.8, 4) is 5.88 Å². The van der Waals surface area contributed by atoms with Crippen LogP contribution in [-0.4, -0.2) is 33.2 Å². The number of aromatic amines is 1. The van der Waals surface area contributed by atoms with Gasteiger partial charge in [0.05, 0.1) is 7.11 Å². The molecule has 0 unspecified atom stereocenters. The van der Waals surface area contributed by atoms with E-state index in [1.807, 2.05) is 13.8 Å². The number of carbonyl (C=O) groups is 1. The first kappa shape index (κ1) is 13.0. The molecule has 0 atom stereocenters. The van der Waals surface area contributed by atoms with Crippen molar-refractivity contribution < 1.29 is 9.53 Å². The van der Waals surface area contributed by atoms with Crippen LogP contribution in [0.15, 0.2) is 18.3 Å². The second-order valence-electron chi connectivity index (χ2n) is 4.21. The van der Waals surface area contributed by atoms with Crippen LogP contribution in [0.4, 0.5) is 5.69 Å². The van der Waals surface area contributed by atoms with Gasteiger partial charge in [-0.15, -0.1) is 5.10 Å². The standard InChI is InChI=1S/C12H15N5O2/c1-7(2)9-15-10(17-16-9)11(18)14-8-5-4-6-13-12(8)19-3/h4-7H,1-3H3,(H,14,18)(H,15,16,17). The Kier molecular flexibility index (Phi) is 3.74. The Morgan fingerprint density at radius 3 is 2.89 bits per heavy atom. The maximum Gasteiger partial charge on any atom is 0.295 e. The predicted octanol–water partition coefficient (Wildman–Crippen LogP) is 1.58. The van der Waals surface area contributed by atoms with Crippen molar-refractivity contribution >= 4 is 11.6 Å². The van der Waals surface area contributed by atoms with Gasteiger partial charge in [-0.2, -0.15) is 0 Å². The van der Waals surface area contributed by atoms with Gasteiger partial charge in [-0.25, -0.2) is 9.97 Å². The summed E-state index contributed by atoms with van der Waals surface area (Å²) in [7, 11) is 1.49. The second kappa shape index (κ2) is 5.47. The van der Waals surface area contributed by atoms with Crippen molar-refractivity contribution in [3.05, 3.63) is 30.0 Å². The van der Waals surface area contributed by atoms with Gasteiger partial charge in [0.25, 0.3) is 5.91 Å². The first-order valence-corrected chi connectivity index (χ1v) is 5.84. The van der Waals surface area contributed by atoms with E-state index in [1.165, 1.54) is 7.11 Å². The van der Waals surface area contributed by atoms with Gasteiger partial charge < -0.3 is 10.1 Å². The molecule has 0 saturated heterocycles. The number of methoxy groups -OCH3 is 1. The van der Waals surface area contributed by atoms with Gasteiger partial charge in [-0.1, -0.05) is 13.8 Å².